The maximum absolute atomic E-state index is 14.4. The Morgan fingerprint density at radius 3 is 2.48 bits per heavy atom. The Labute approximate surface area is 123 Å². The molecule has 0 saturated heterocycles. The molecule has 1 saturated carbocycles. The lowest BCUT2D eigenvalue weighted by Crippen LogP contribution is -2.07. The van der Waals surface area contributed by atoms with Crippen molar-refractivity contribution in [1.82, 2.24) is 9.78 Å². The Kier molecular flexibility index (Phi) is 2.99. The third kappa shape index (κ3) is 2.04. The molecular formula is C18H17FN2. The molecule has 1 aliphatic rings. The summed E-state index contributed by atoms with van der Waals surface area (Å²) in [6.07, 6.45) is 4.61. The summed E-state index contributed by atoms with van der Waals surface area (Å²) in [6.45, 7) is 0. The molecule has 1 fully saturated rings. The van der Waals surface area contributed by atoms with Gasteiger partial charge in [0.05, 0.1) is 6.04 Å². The zero-order valence-electron chi connectivity index (χ0n) is 11.8. The molecule has 2 nitrogen and oxygen atoms in total. The van der Waals surface area contributed by atoms with Crippen LogP contribution in [-0.4, -0.2) is 9.78 Å². The Morgan fingerprint density at radius 1 is 0.952 bits per heavy atom. The van der Waals surface area contributed by atoms with Gasteiger partial charge in [0.2, 0.25) is 0 Å². The fourth-order valence-electron chi connectivity index (χ4n) is 3.37. The average molecular weight is 280 g/mol. The largest absolute Gasteiger partial charge is 0.258 e. The van der Waals surface area contributed by atoms with Gasteiger partial charge in [-0.1, -0.05) is 55.3 Å². The molecule has 2 aromatic carbocycles. The second-order valence-electron chi connectivity index (χ2n) is 5.73. The van der Waals surface area contributed by atoms with Gasteiger partial charge in [-0.15, -0.1) is 0 Å². The van der Waals surface area contributed by atoms with Crippen LogP contribution >= 0.6 is 0 Å². The van der Waals surface area contributed by atoms with Crippen LogP contribution in [0.4, 0.5) is 4.39 Å². The number of hydrogen-bond acceptors (Lipinski definition) is 1. The summed E-state index contributed by atoms with van der Waals surface area (Å²) >= 11 is 0. The molecule has 3 aromatic rings. The maximum atomic E-state index is 14.4. The van der Waals surface area contributed by atoms with Gasteiger partial charge in [0.25, 0.3) is 0 Å². The van der Waals surface area contributed by atoms with Gasteiger partial charge in [0, 0.05) is 10.9 Å². The summed E-state index contributed by atoms with van der Waals surface area (Å²) in [7, 11) is 0. The van der Waals surface area contributed by atoms with Gasteiger partial charge in [-0.25, -0.2) is 4.39 Å². The highest BCUT2D eigenvalue weighted by atomic mass is 19.1. The molecule has 1 aliphatic carbocycles. The molecule has 21 heavy (non-hydrogen) atoms. The highest BCUT2D eigenvalue weighted by Crippen LogP contribution is 2.36. The Bertz CT molecular complexity index is 771. The van der Waals surface area contributed by atoms with Crippen molar-refractivity contribution in [2.24, 2.45) is 0 Å². The predicted molar refractivity (Wildman–Crippen MR) is 82.6 cm³/mol. The molecule has 3 heteroatoms. The van der Waals surface area contributed by atoms with Crippen LogP contribution in [0.1, 0.15) is 31.7 Å². The summed E-state index contributed by atoms with van der Waals surface area (Å²) in [5.41, 5.74) is 2.59. The number of para-hydroxylation sites is 1. The van der Waals surface area contributed by atoms with Crippen molar-refractivity contribution in [3.05, 3.63) is 54.3 Å². The van der Waals surface area contributed by atoms with E-state index >= 15 is 0 Å². The molecule has 0 aliphatic heterocycles. The number of halogens is 1. The fourth-order valence-corrected chi connectivity index (χ4v) is 3.37. The molecule has 0 bridgehead atoms. The van der Waals surface area contributed by atoms with Gasteiger partial charge in [-0.3, -0.25) is 4.68 Å². The molecule has 4 rings (SSSR count). The van der Waals surface area contributed by atoms with E-state index < -0.39 is 0 Å². The van der Waals surface area contributed by atoms with Crippen LogP contribution < -0.4 is 0 Å². The van der Waals surface area contributed by atoms with E-state index in [1.165, 1.54) is 18.9 Å². The first-order valence-electron chi connectivity index (χ1n) is 7.57. The summed E-state index contributed by atoms with van der Waals surface area (Å²) in [6, 6.07) is 15.7. The predicted octanol–water partition coefficient (Wildman–Crippen LogP) is 4.96. The van der Waals surface area contributed by atoms with Crippen LogP contribution in [-0.2, 0) is 0 Å². The molecule has 0 amide bonds. The Hall–Kier alpha value is -2.16. The summed E-state index contributed by atoms with van der Waals surface area (Å²) in [5, 5.41) is 5.69. The summed E-state index contributed by atoms with van der Waals surface area (Å²) in [5.74, 6) is -0.172. The fraction of sp³-hybridized carbons (Fsp3) is 0.278. The number of hydrogen-bond donors (Lipinski definition) is 0. The second kappa shape index (κ2) is 4.99. The van der Waals surface area contributed by atoms with E-state index in [-0.39, 0.29) is 5.82 Å². The second-order valence-corrected chi connectivity index (χ2v) is 5.73. The standard InChI is InChI=1S/C18H17FN2/c19-16-12-6-11-15-17(13-7-2-1-3-8-13)20-21(18(15)16)14-9-4-5-10-14/h1-3,6-8,11-12,14H,4-5,9-10H2. The number of rotatable bonds is 2. The third-order valence-electron chi connectivity index (χ3n) is 4.40. The number of fused-ring (bicyclic) bond motifs is 1. The average Bonchev–Trinajstić information content (AvgIpc) is 3.16. The van der Waals surface area contributed by atoms with E-state index in [1.54, 1.807) is 6.07 Å². The highest BCUT2D eigenvalue weighted by molar-refractivity contribution is 5.93. The van der Waals surface area contributed by atoms with Gasteiger partial charge in [0.15, 0.2) is 0 Å². The molecule has 1 heterocycles. The van der Waals surface area contributed by atoms with Crippen molar-refractivity contribution in [3.63, 3.8) is 0 Å². The number of aromatic nitrogens is 2. The minimum Gasteiger partial charge on any atom is -0.258 e. The Balaban J connectivity index is 1.98. The topological polar surface area (TPSA) is 17.8 Å². The van der Waals surface area contributed by atoms with Crippen molar-refractivity contribution in [2.45, 2.75) is 31.7 Å². The van der Waals surface area contributed by atoms with Crippen LogP contribution in [0, 0.1) is 5.82 Å². The van der Waals surface area contributed by atoms with Crippen molar-refractivity contribution >= 4 is 10.9 Å². The third-order valence-corrected chi connectivity index (χ3v) is 4.40. The minimum atomic E-state index is -0.172. The first-order valence-corrected chi connectivity index (χ1v) is 7.57. The van der Waals surface area contributed by atoms with Gasteiger partial charge in [0.1, 0.15) is 17.0 Å². The van der Waals surface area contributed by atoms with Gasteiger partial charge in [-0.05, 0) is 18.9 Å². The van der Waals surface area contributed by atoms with Crippen LogP contribution in [0.3, 0.4) is 0 Å². The summed E-state index contributed by atoms with van der Waals surface area (Å²) in [4.78, 5) is 0. The molecule has 1 aromatic heterocycles. The van der Waals surface area contributed by atoms with Gasteiger partial charge < -0.3 is 0 Å². The maximum Gasteiger partial charge on any atom is 0.149 e. The van der Waals surface area contributed by atoms with E-state index in [0.717, 1.165) is 29.5 Å². The first-order chi connectivity index (χ1) is 10.3. The van der Waals surface area contributed by atoms with Gasteiger partial charge in [-0.2, -0.15) is 5.10 Å². The number of nitrogens with zero attached hydrogens (tertiary/aromatic N) is 2. The summed E-state index contributed by atoms with van der Waals surface area (Å²) < 4.78 is 16.3. The zero-order chi connectivity index (χ0) is 14.2. The SMILES string of the molecule is Fc1cccc2c(-c3ccccc3)nn(C3CCCC3)c12. The molecule has 0 atom stereocenters. The van der Waals surface area contributed by atoms with Crippen LogP contribution in [0.25, 0.3) is 22.2 Å². The van der Waals surface area contributed by atoms with Crippen molar-refractivity contribution < 1.29 is 4.39 Å². The van der Waals surface area contributed by atoms with Crippen molar-refractivity contribution in [1.29, 1.82) is 0 Å². The van der Waals surface area contributed by atoms with E-state index in [1.807, 2.05) is 41.1 Å². The lowest BCUT2D eigenvalue weighted by atomic mass is 10.1. The van der Waals surface area contributed by atoms with Crippen LogP contribution in [0.2, 0.25) is 0 Å². The van der Waals surface area contributed by atoms with E-state index in [4.69, 9.17) is 5.10 Å². The smallest absolute Gasteiger partial charge is 0.149 e. The molecule has 106 valence electrons. The minimum absolute atomic E-state index is 0.172. The highest BCUT2D eigenvalue weighted by Gasteiger charge is 2.23. The van der Waals surface area contributed by atoms with Crippen molar-refractivity contribution in [3.8, 4) is 11.3 Å². The first kappa shape index (κ1) is 12.6. The lowest BCUT2D eigenvalue weighted by molar-refractivity contribution is 0.475. The molecular weight excluding hydrogens is 263 g/mol. The monoisotopic (exact) mass is 280 g/mol. The van der Waals surface area contributed by atoms with E-state index in [0.29, 0.717) is 11.6 Å². The van der Waals surface area contributed by atoms with E-state index in [9.17, 15) is 4.39 Å². The van der Waals surface area contributed by atoms with E-state index in [2.05, 4.69) is 0 Å². The van der Waals surface area contributed by atoms with Crippen molar-refractivity contribution in [2.75, 3.05) is 0 Å². The quantitative estimate of drug-likeness (QED) is 0.649. The number of benzene rings is 2. The van der Waals surface area contributed by atoms with Crippen LogP contribution in [0.5, 0.6) is 0 Å². The molecule has 0 radical (unpaired) electrons. The molecule has 0 N–H and O–H groups in total. The normalized spacial score (nSPS) is 15.9. The molecule has 0 unspecified atom stereocenters. The molecule has 0 spiro atoms. The van der Waals surface area contributed by atoms with Crippen LogP contribution in [0.15, 0.2) is 48.5 Å². The van der Waals surface area contributed by atoms with Gasteiger partial charge >= 0.3 is 0 Å². The lowest BCUT2D eigenvalue weighted by Gasteiger charge is -2.11. The Morgan fingerprint density at radius 2 is 1.71 bits per heavy atom. The zero-order valence-corrected chi connectivity index (χ0v) is 11.8.